The van der Waals surface area contributed by atoms with Gasteiger partial charge in [0.05, 0.1) is 7.11 Å². The third-order valence-corrected chi connectivity index (χ3v) is 3.66. The fourth-order valence-electron chi connectivity index (χ4n) is 1.66. The molecule has 1 aromatic carbocycles. The number of hydrogen-bond donors (Lipinski definition) is 0. The summed E-state index contributed by atoms with van der Waals surface area (Å²) in [7, 11) is 0.733. The van der Waals surface area contributed by atoms with Crippen LogP contribution >= 0.6 is 0 Å². The topological polar surface area (TPSA) is 9.23 Å². The van der Waals surface area contributed by atoms with E-state index in [1.54, 1.807) is 7.11 Å². The van der Waals surface area contributed by atoms with E-state index in [1.165, 1.54) is 17.2 Å². The molecule has 0 aliphatic rings. The normalized spacial score (nSPS) is 11.5. The Bertz CT molecular complexity index is 313. The molecule has 0 saturated carbocycles. The molecule has 2 heteroatoms. The molecule has 0 aromatic heterocycles. The maximum atomic E-state index is 5.24. The van der Waals surface area contributed by atoms with Crippen molar-refractivity contribution in [3.05, 3.63) is 29.3 Å². The molecule has 0 aliphatic heterocycles. The fourth-order valence-corrected chi connectivity index (χ4v) is 3.11. The Morgan fingerprint density at radius 2 is 1.86 bits per heavy atom. The Balaban J connectivity index is 2.87. The minimum absolute atomic E-state index is 0.989. The van der Waals surface area contributed by atoms with Crippen LogP contribution in [-0.2, 0) is 6.04 Å². The van der Waals surface area contributed by atoms with Crippen LogP contribution in [0.4, 0.5) is 0 Å². The third-order valence-electron chi connectivity index (χ3n) is 2.19. The lowest BCUT2D eigenvalue weighted by Crippen LogP contribution is -2.23. The first-order chi connectivity index (χ1) is 6.42. The summed E-state index contributed by atoms with van der Waals surface area (Å²) in [5.41, 5.74) is 2.69. The first-order valence-electron chi connectivity index (χ1n) is 5.06. The van der Waals surface area contributed by atoms with Gasteiger partial charge in [0, 0.05) is 8.07 Å². The molecular formula is C12H20OSi. The Kier molecular flexibility index (Phi) is 3.37. The van der Waals surface area contributed by atoms with E-state index < -0.39 is 8.07 Å². The molecule has 14 heavy (non-hydrogen) atoms. The van der Waals surface area contributed by atoms with Crippen LogP contribution in [0.15, 0.2) is 18.2 Å². The van der Waals surface area contributed by atoms with Gasteiger partial charge in [-0.05, 0) is 24.6 Å². The summed E-state index contributed by atoms with van der Waals surface area (Å²) in [4.78, 5) is 0. The van der Waals surface area contributed by atoms with Gasteiger partial charge in [0.25, 0.3) is 0 Å². The minimum atomic E-state index is -0.989. The van der Waals surface area contributed by atoms with Crippen LogP contribution in [0.2, 0.25) is 19.6 Å². The summed E-state index contributed by atoms with van der Waals surface area (Å²) in [6.07, 6.45) is 0. The highest BCUT2D eigenvalue weighted by Crippen LogP contribution is 2.20. The van der Waals surface area contributed by atoms with Crippen molar-refractivity contribution in [1.29, 1.82) is 0 Å². The maximum absolute atomic E-state index is 5.24. The van der Waals surface area contributed by atoms with Crippen molar-refractivity contribution in [2.24, 2.45) is 0 Å². The number of ether oxygens (including phenoxy) is 1. The lowest BCUT2D eigenvalue weighted by molar-refractivity contribution is 0.411. The fraction of sp³-hybridized carbons (Fsp3) is 0.500. The van der Waals surface area contributed by atoms with Crippen molar-refractivity contribution in [2.75, 3.05) is 7.11 Å². The predicted molar refractivity (Wildman–Crippen MR) is 64.8 cm³/mol. The van der Waals surface area contributed by atoms with Crippen LogP contribution in [0.25, 0.3) is 0 Å². The van der Waals surface area contributed by atoms with Gasteiger partial charge in [-0.3, -0.25) is 0 Å². The Morgan fingerprint density at radius 1 is 1.21 bits per heavy atom. The van der Waals surface area contributed by atoms with Crippen molar-refractivity contribution in [3.8, 4) is 5.75 Å². The Hall–Kier alpha value is -0.763. The van der Waals surface area contributed by atoms with Gasteiger partial charge in [-0.1, -0.05) is 37.3 Å². The second-order valence-electron chi connectivity index (χ2n) is 5.04. The monoisotopic (exact) mass is 208 g/mol. The van der Waals surface area contributed by atoms with Crippen LogP contribution in [0, 0.1) is 6.92 Å². The van der Waals surface area contributed by atoms with Crippen LogP contribution in [-0.4, -0.2) is 15.2 Å². The molecule has 0 bridgehead atoms. The molecule has 1 nitrogen and oxygen atoms in total. The minimum Gasteiger partial charge on any atom is -0.496 e. The zero-order chi connectivity index (χ0) is 10.8. The average molecular weight is 208 g/mol. The first kappa shape index (κ1) is 11.3. The van der Waals surface area contributed by atoms with Gasteiger partial charge in [0.15, 0.2) is 0 Å². The number of benzene rings is 1. The van der Waals surface area contributed by atoms with E-state index in [9.17, 15) is 0 Å². The third kappa shape index (κ3) is 3.18. The SMILES string of the molecule is COc1ccc(C[Si](C)(C)C)cc1C. The number of hydrogen-bond acceptors (Lipinski definition) is 1. The van der Waals surface area contributed by atoms with Crippen LogP contribution in [0.3, 0.4) is 0 Å². The summed E-state index contributed by atoms with van der Waals surface area (Å²) in [5.74, 6) is 0.990. The molecule has 0 fully saturated rings. The Labute approximate surface area is 88.1 Å². The summed E-state index contributed by atoms with van der Waals surface area (Å²) in [6.45, 7) is 9.29. The molecule has 0 aliphatic carbocycles. The molecular weight excluding hydrogens is 188 g/mol. The summed E-state index contributed by atoms with van der Waals surface area (Å²) < 4.78 is 5.24. The van der Waals surface area contributed by atoms with Crippen LogP contribution in [0.1, 0.15) is 11.1 Å². The van der Waals surface area contributed by atoms with E-state index in [0.717, 1.165) is 5.75 Å². The molecule has 0 heterocycles. The van der Waals surface area contributed by atoms with Gasteiger partial charge in [-0.15, -0.1) is 0 Å². The highest BCUT2D eigenvalue weighted by atomic mass is 28.3. The number of aryl methyl sites for hydroxylation is 1. The molecule has 0 atom stereocenters. The van der Waals surface area contributed by atoms with Crippen LogP contribution in [0.5, 0.6) is 5.75 Å². The molecule has 0 unspecified atom stereocenters. The number of methoxy groups -OCH3 is 1. The zero-order valence-electron chi connectivity index (χ0n) is 9.85. The smallest absolute Gasteiger partial charge is 0.121 e. The van der Waals surface area contributed by atoms with Gasteiger partial charge in [-0.25, -0.2) is 0 Å². The summed E-state index contributed by atoms with van der Waals surface area (Å²) in [6, 6.07) is 7.75. The molecule has 1 rings (SSSR count). The number of rotatable bonds is 3. The summed E-state index contributed by atoms with van der Waals surface area (Å²) in [5, 5.41) is 0. The molecule has 78 valence electrons. The zero-order valence-corrected chi connectivity index (χ0v) is 10.8. The Morgan fingerprint density at radius 3 is 2.29 bits per heavy atom. The highest BCUT2D eigenvalue weighted by molar-refractivity contribution is 6.75. The average Bonchev–Trinajstić information content (AvgIpc) is 2.01. The van der Waals surface area contributed by atoms with Crippen molar-refractivity contribution >= 4 is 8.07 Å². The van der Waals surface area contributed by atoms with E-state index in [2.05, 4.69) is 44.8 Å². The highest BCUT2D eigenvalue weighted by Gasteiger charge is 2.14. The van der Waals surface area contributed by atoms with Gasteiger partial charge >= 0.3 is 0 Å². The predicted octanol–water partition coefficient (Wildman–Crippen LogP) is 3.42. The van der Waals surface area contributed by atoms with Gasteiger partial charge in [0.2, 0.25) is 0 Å². The van der Waals surface area contributed by atoms with E-state index in [-0.39, 0.29) is 0 Å². The van der Waals surface area contributed by atoms with E-state index in [4.69, 9.17) is 4.74 Å². The van der Waals surface area contributed by atoms with Crippen molar-refractivity contribution in [3.63, 3.8) is 0 Å². The van der Waals surface area contributed by atoms with E-state index in [0.29, 0.717) is 0 Å². The van der Waals surface area contributed by atoms with E-state index >= 15 is 0 Å². The van der Waals surface area contributed by atoms with Crippen molar-refractivity contribution in [1.82, 2.24) is 0 Å². The molecule has 0 N–H and O–H groups in total. The quantitative estimate of drug-likeness (QED) is 0.692. The molecule has 0 spiro atoms. The first-order valence-corrected chi connectivity index (χ1v) is 8.76. The van der Waals surface area contributed by atoms with E-state index in [1.807, 2.05) is 0 Å². The maximum Gasteiger partial charge on any atom is 0.121 e. The standard InChI is InChI=1S/C12H20OSi/c1-10-8-11(9-14(3,4)5)6-7-12(10)13-2/h6-8H,9H2,1-5H3. The second kappa shape index (κ2) is 4.18. The van der Waals surface area contributed by atoms with Gasteiger partial charge in [-0.2, -0.15) is 0 Å². The molecule has 1 aromatic rings. The lowest BCUT2D eigenvalue weighted by Gasteiger charge is -2.16. The van der Waals surface area contributed by atoms with Crippen LogP contribution < -0.4 is 4.74 Å². The van der Waals surface area contributed by atoms with Gasteiger partial charge in [0.1, 0.15) is 5.75 Å². The van der Waals surface area contributed by atoms with Crippen molar-refractivity contribution in [2.45, 2.75) is 32.6 Å². The van der Waals surface area contributed by atoms with Gasteiger partial charge < -0.3 is 4.74 Å². The van der Waals surface area contributed by atoms with Crippen molar-refractivity contribution < 1.29 is 4.74 Å². The second-order valence-corrected chi connectivity index (χ2v) is 10.5. The molecule has 0 radical (unpaired) electrons. The molecule has 0 amide bonds. The largest absolute Gasteiger partial charge is 0.496 e. The lowest BCUT2D eigenvalue weighted by atomic mass is 10.1. The summed E-state index contributed by atoms with van der Waals surface area (Å²) >= 11 is 0. The molecule has 0 saturated heterocycles.